The largest absolute Gasteiger partial charge is 0.333 e. The third kappa shape index (κ3) is 2.19. The highest BCUT2D eigenvalue weighted by Crippen LogP contribution is 2.19. The van der Waals surface area contributed by atoms with Crippen LogP contribution in [0.2, 0.25) is 0 Å². The van der Waals surface area contributed by atoms with Gasteiger partial charge < -0.3 is 0 Å². The molecule has 4 nitrogen and oxygen atoms in total. The van der Waals surface area contributed by atoms with Crippen LogP contribution in [0.1, 0.15) is 0 Å². The number of nitrogens with one attached hydrogen (secondary N) is 1. The van der Waals surface area contributed by atoms with E-state index in [4.69, 9.17) is 0 Å². The first-order chi connectivity index (χ1) is 9.75. The Hall–Kier alpha value is -2.88. The molecule has 1 aromatic heterocycles. The molecule has 4 heteroatoms. The molecule has 3 aromatic rings. The average molecular weight is 264 g/mol. The van der Waals surface area contributed by atoms with E-state index in [0.717, 1.165) is 5.56 Å². The lowest BCUT2D eigenvalue weighted by Gasteiger charge is -2.11. The van der Waals surface area contributed by atoms with E-state index < -0.39 is 11.2 Å². The fourth-order valence-corrected chi connectivity index (χ4v) is 2.15. The highest BCUT2D eigenvalue weighted by atomic mass is 16.2. The smallest absolute Gasteiger partial charge is 0.274 e. The van der Waals surface area contributed by atoms with Crippen molar-refractivity contribution >= 4 is 0 Å². The molecule has 0 fully saturated rings. The summed E-state index contributed by atoms with van der Waals surface area (Å²) in [5.74, 6) is 0. The first-order valence-electron chi connectivity index (χ1n) is 6.23. The van der Waals surface area contributed by atoms with Crippen molar-refractivity contribution in [1.82, 2.24) is 9.55 Å². The second-order valence-electron chi connectivity index (χ2n) is 4.36. The predicted octanol–water partition coefficient (Wildman–Crippen LogP) is 2.19. The molecule has 0 amide bonds. The maximum absolute atomic E-state index is 12.1. The molecule has 98 valence electrons. The number of para-hydroxylation sites is 1. The molecular formula is C16H12N2O2. The lowest BCUT2D eigenvalue weighted by molar-refractivity contribution is 0.905. The van der Waals surface area contributed by atoms with Gasteiger partial charge in [0.15, 0.2) is 0 Å². The van der Waals surface area contributed by atoms with E-state index in [2.05, 4.69) is 4.98 Å². The van der Waals surface area contributed by atoms with Gasteiger partial charge in [-0.3, -0.25) is 14.3 Å². The van der Waals surface area contributed by atoms with Gasteiger partial charge in [0.1, 0.15) is 0 Å². The Morgan fingerprint density at radius 1 is 0.800 bits per heavy atom. The quantitative estimate of drug-likeness (QED) is 0.771. The predicted molar refractivity (Wildman–Crippen MR) is 78.1 cm³/mol. The Morgan fingerprint density at radius 3 is 2.05 bits per heavy atom. The highest BCUT2D eigenvalue weighted by Gasteiger charge is 2.09. The molecule has 2 aromatic carbocycles. The van der Waals surface area contributed by atoms with E-state index in [-0.39, 0.29) is 0 Å². The minimum absolute atomic E-state index is 0.402. The van der Waals surface area contributed by atoms with E-state index in [0.29, 0.717) is 11.4 Å². The van der Waals surface area contributed by atoms with Crippen LogP contribution in [0.25, 0.3) is 16.9 Å². The van der Waals surface area contributed by atoms with Crippen molar-refractivity contribution in [1.29, 1.82) is 0 Å². The molecule has 0 saturated carbocycles. The molecule has 0 aliphatic carbocycles. The summed E-state index contributed by atoms with van der Waals surface area (Å²) in [6.07, 6.45) is 0. The van der Waals surface area contributed by atoms with Crippen LogP contribution < -0.4 is 11.2 Å². The Kier molecular flexibility index (Phi) is 3.05. The Bertz CT molecular complexity index is 834. The third-order valence-electron chi connectivity index (χ3n) is 3.03. The van der Waals surface area contributed by atoms with Crippen LogP contribution >= 0.6 is 0 Å². The zero-order valence-electron chi connectivity index (χ0n) is 10.6. The number of aromatic amines is 1. The van der Waals surface area contributed by atoms with Crippen molar-refractivity contribution < 1.29 is 0 Å². The molecule has 0 saturated heterocycles. The molecule has 0 aliphatic rings. The number of hydrogen-bond donors (Lipinski definition) is 1. The molecular weight excluding hydrogens is 252 g/mol. The minimum atomic E-state index is -0.442. The van der Waals surface area contributed by atoms with Crippen LogP contribution in [0, 0.1) is 0 Å². The normalized spacial score (nSPS) is 10.4. The number of hydrogen-bond acceptors (Lipinski definition) is 2. The van der Waals surface area contributed by atoms with Crippen LogP contribution in [0.4, 0.5) is 0 Å². The van der Waals surface area contributed by atoms with E-state index in [1.165, 1.54) is 10.6 Å². The Morgan fingerprint density at radius 2 is 1.40 bits per heavy atom. The fourth-order valence-electron chi connectivity index (χ4n) is 2.15. The van der Waals surface area contributed by atoms with Crippen LogP contribution in [0.15, 0.2) is 76.3 Å². The minimum Gasteiger partial charge on any atom is -0.274 e. The second kappa shape index (κ2) is 5.01. The van der Waals surface area contributed by atoms with E-state index >= 15 is 0 Å². The van der Waals surface area contributed by atoms with Gasteiger partial charge in [0.05, 0.1) is 11.4 Å². The number of rotatable bonds is 2. The number of benzene rings is 2. The number of aromatic nitrogens is 2. The lowest BCUT2D eigenvalue weighted by atomic mass is 10.1. The summed E-state index contributed by atoms with van der Waals surface area (Å²) in [5, 5.41) is 0. The van der Waals surface area contributed by atoms with Crippen molar-refractivity contribution in [2.75, 3.05) is 0 Å². The van der Waals surface area contributed by atoms with Crippen LogP contribution in [0.5, 0.6) is 0 Å². The van der Waals surface area contributed by atoms with Crippen molar-refractivity contribution in [2.24, 2.45) is 0 Å². The van der Waals surface area contributed by atoms with Crippen molar-refractivity contribution in [3.05, 3.63) is 87.6 Å². The summed E-state index contributed by atoms with van der Waals surface area (Å²) in [7, 11) is 0. The average Bonchev–Trinajstić information content (AvgIpc) is 2.48. The summed E-state index contributed by atoms with van der Waals surface area (Å²) in [4.78, 5) is 26.0. The highest BCUT2D eigenvalue weighted by molar-refractivity contribution is 5.61. The van der Waals surface area contributed by atoms with Gasteiger partial charge in [-0.15, -0.1) is 0 Å². The summed E-state index contributed by atoms with van der Waals surface area (Å²) < 4.78 is 1.50. The van der Waals surface area contributed by atoms with Gasteiger partial charge in [-0.25, -0.2) is 4.79 Å². The van der Waals surface area contributed by atoms with Crippen molar-refractivity contribution in [3.8, 4) is 16.9 Å². The molecule has 0 unspecified atom stereocenters. The zero-order valence-corrected chi connectivity index (χ0v) is 10.6. The fraction of sp³-hybridized carbons (Fsp3) is 0. The summed E-state index contributed by atoms with van der Waals surface area (Å²) >= 11 is 0. The van der Waals surface area contributed by atoms with Gasteiger partial charge in [0.25, 0.3) is 5.56 Å². The van der Waals surface area contributed by atoms with Gasteiger partial charge in [-0.1, -0.05) is 48.5 Å². The summed E-state index contributed by atoms with van der Waals surface area (Å²) in [6.45, 7) is 0. The molecule has 1 N–H and O–H groups in total. The number of nitrogens with zero attached hydrogens (tertiary/aromatic N) is 1. The third-order valence-corrected chi connectivity index (χ3v) is 3.03. The van der Waals surface area contributed by atoms with Crippen LogP contribution in [-0.4, -0.2) is 9.55 Å². The molecule has 0 aliphatic heterocycles. The topological polar surface area (TPSA) is 54.9 Å². The molecule has 1 heterocycles. The van der Waals surface area contributed by atoms with E-state index in [1.807, 2.05) is 60.7 Å². The molecule has 20 heavy (non-hydrogen) atoms. The van der Waals surface area contributed by atoms with Crippen molar-refractivity contribution in [3.63, 3.8) is 0 Å². The molecule has 0 bridgehead atoms. The van der Waals surface area contributed by atoms with Crippen LogP contribution in [-0.2, 0) is 0 Å². The van der Waals surface area contributed by atoms with Gasteiger partial charge in [0, 0.05) is 6.07 Å². The molecule has 3 rings (SSSR count). The Balaban J connectivity index is 2.35. The maximum Gasteiger partial charge on any atom is 0.333 e. The molecule has 0 radical (unpaired) electrons. The first kappa shape index (κ1) is 12.2. The van der Waals surface area contributed by atoms with Gasteiger partial charge >= 0.3 is 5.69 Å². The molecule has 0 spiro atoms. The lowest BCUT2D eigenvalue weighted by Crippen LogP contribution is -2.29. The van der Waals surface area contributed by atoms with Crippen molar-refractivity contribution in [2.45, 2.75) is 0 Å². The molecule has 0 atom stereocenters. The Labute approximate surface area is 115 Å². The summed E-state index contributed by atoms with van der Waals surface area (Å²) in [5.41, 5.74) is 1.27. The SMILES string of the molecule is O=c1cc(-c2ccccc2)n(-c2ccccc2)c(=O)[nH]1. The zero-order chi connectivity index (χ0) is 13.9. The monoisotopic (exact) mass is 264 g/mol. The van der Waals surface area contributed by atoms with Gasteiger partial charge in [0.2, 0.25) is 0 Å². The number of H-pyrrole nitrogens is 1. The first-order valence-corrected chi connectivity index (χ1v) is 6.23. The van der Waals surface area contributed by atoms with Gasteiger partial charge in [-0.05, 0) is 17.7 Å². The van der Waals surface area contributed by atoms with Gasteiger partial charge in [-0.2, -0.15) is 0 Å². The maximum atomic E-state index is 12.1. The standard InChI is InChI=1S/C16H12N2O2/c19-15-11-14(12-7-3-1-4-8-12)18(16(20)17-15)13-9-5-2-6-10-13/h1-11H,(H,17,19,20). The second-order valence-corrected chi connectivity index (χ2v) is 4.36. The van der Waals surface area contributed by atoms with Crippen LogP contribution in [0.3, 0.4) is 0 Å². The van der Waals surface area contributed by atoms with E-state index in [1.54, 1.807) is 0 Å². The van der Waals surface area contributed by atoms with E-state index in [9.17, 15) is 9.59 Å². The summed E-state index contributed by atoms with van der Waals surface area (Å²) in [6, 6.07) is 20.0.